The topological polar surface area (TPSA) is 72.8 Å². The van der Waals surface area contributed by atoms with Gasteiger partial charge in [0, 0.05) is 6.42 Å². The number of rotatable bonds is 6. The average molecular weight is 294 g/mol. The first-order valence-corrected chi connectivity index (χ1v) is 6.98. The molecule has 0 bridgehead atoms. The van der Waals surface area contributed by atoms with Crippen molar-refractivity contribution in [3.05, 3.63) is 29.8 Å². The standard InChI is InChI=1S/C16H22O5/c1-16(2,3)21-15(19)20-13-10-8-12(9-11-13)6-4-5-7-14(17)18/h8-11H,4-7H2,1-3H3,(H,17,18). The molecule has 5 nitrogen and oxygen atoms in total. The summed E-state index contributed by atoms with van der Waals surface area (Å²) in [6.45, 7) is 5.32. The Kier molecular flexibility index (Phi) is 6.21. The molecular formula is C16H22O5. The highest BCUT2D eigenvalue weighted by atomic mass is 16.7. The second-order valence-corrected chi connectivity index (χ2v) is 5.81. The van der Waals surface area contributed by atoms with Crippen LogP contribution in [0.4, 0.5) is 4.79 Å². The second-order valence-electron chi connectivity index (χ2n) is 5.81. The molecule has 0 fully saturated rings. The summed E-state index contributed by atoms with van der Waals surface area (Å²) >= 11 is 0. The molecule has 116 valence electrons. The Morgan fingerprint density at radius 1 is 1.10 bits per heavy atom. The van der Waals surface area contributed by atoms with Crippen molar-refractivity contribution in [1.82, 2.24) is 0 Å². The van der Waals surface area contributed by atoms with Gasteiger partial charge >= 0.3 is 12.1 Å². The van der Waals surface area contributed by atoms with Gasteiger partial charge in [-0.25, -0.2) is 4.79 Å². The molecule has 5 heteroatoms. The molecule has 21 heavy (non-hydrogen) atoms. The van der Waals surface area contributed by atoms with Gasteiger partial charge in [-0.2, -0.15) is 0 Å². The number of benzene rings is 1. The van der Waals surface area contributed by atoms with E-state index in [9.17, 15) is 9.59 Å². The minimum absolute atomic E-state index is 0.194. The van der Waals surface area contributed by atoms with E-state index >= 15 is 0 Å². The van der Waals surface area contributed by atoms with Crippen LogP contribution in [0.3, 0.4) is 0 Å². The number of carbonyl (C=O) groups excluding carboxylic acids is 1. The van der Waals surface area contributed by atoms with E-state index in [1.165, 1.54) is 0 Å². The molecule has 1 rings (SSSR count). The first-order valence-electron chi connectivity index (χ1n) is 6.98. The summed E-state index contributed by atoms with van der Waals surface area (Å²) in [5, 5.41) is 8.55. The fraction of sp³-hybridized carbons (Fsp3) is 0.500. The van der Waals surface area contributed by atoms with Crippen molar-refractivity contribution in [2.75, 3.05) is 0 Å². The Hall–Kier alpha value is -2.04. The summed E-state index contributed by atoms with van der Waals surface area (Å²) in [5.41, 5.74) is 0.498. The fourth-order valence-corrected chi connectivity index (χ4v) is 1.70. The lowest BCUT2D eigenvalue weighted by molar-refractivity contribution is -0.137. The lowest BCUT2D eigenvalue weighted by atomic mass is 10.1. The molecule has 0 saturated carbocycles. The predicted octanol–water partition coefficient (Wildman–Crippen LogP) is 3.80. The van der Waals surface area contributed by atoms with Crippen LogP contribution in [0.5, 0.6) is 5.75 Å². The second kappa shape index (κ2) is 7.67. The molecule has 0 heterocycles. The molecule has 1 aromatic rings. The largest absolute Gasteiger partial charge is 0.514 e. The number of aryl methyl sites for hydroxylation is 1. The number of hydrogen-bond acceptors (Lipinski definition) is 4. The van der Waals surface area contributed by atoms with Gasteiger partial charge in [0.2, 0.25) is 0 Å². The van der Waals surface area contributed by atoms with Gasteiger partial charge in [-0.1, -0.05) is 12.1 Å². The first kappa shape index (κ1) is 17.0. The van der Waals surface area contributed by atoms with Crippen molar-refractivity contribution < 1.29 is 24.2 Å². The van der Waals surface area contributed by atoms with Crippen molar-refractivity contribution >= 4 is 12.1 Å². The number of carbonyl (C=O) groups is 2. The number of carboxylic acids is 1. The van der Waals surface area contributed by atoms with Gasteiger partial charge in [0.1, 0.15) is 11.4 Å². The molecule has 0 aliphatic carbocycles. The molecule has 0 aromatic heterocycles. The van der Waals surface area contributed by atoms with Crippen molar-refractivity contribution in [2.24, 2.45) is 0 Å². The van der Waals surface area contributed by atoms with Crippen LogP contribution in [0, 0.1) is 0 Å². The Morgan fingerprint density at radius 2 is 1.71 bits per heavy atom. The van der Waals surface area contributed by atoms with E-state index in [1.807, 2.05) is 12.1 Å². The summed E-state index contributed by atoms with van der Waals surface area (Å²) < 4.78 is 10.1. The maximum Gasteiger partial charge on any atom is 0.514 e. The van der Waals surface area contributed by atoms with Crippen LogP contribution in [-0.2, 0) is 16.0 Å². The van der Waals surface area contributed by atoms with E-state index in [1.54, 1.807) is 32.9 Å². The van der Waals surface area contributed by atoms with Crippen molar-refractivity contribution in [3.63, 3.8) is 0 Å². The van der Waals surface area contributed by atoms with Gasteiger partial charge in [0.15, 0.2) is 0 Å². The lowest BCUT2D eigenvalue weighted by Gasteiger charge is -2.18. The van der Waals surface area contributed by atoms with Crippen LogP contribution in [0.15, 0.2) is 24.3 Å². The summed E-state index contributed by atoms with van der Waals surface area (Å²) in [7, 11) is 0. The minimum atomic E-state index is -0.767. The zero-order valence-corrected chi connectivity index (χ0v) is 12.7. The molecule has 1 N–H and O–H groups in total. The maximum absolute atomic E-state index is 11.5. The van der Waals surface area contributed by atoms with Crippen molar-refractivity contribution in [1.29, 1.82) is 0 Å². The average Bonchev–Trinajstić information content (AvgIpc) is 2.34. The summed E-state index contributed by atoms with van der Waals surface area (Å²) in [6, 6.07) is 7.13. The van der Waals surface area contributed by atoms with E-state index in [2.05, 4.69) is 0 Å². The molecule has 0 aliphatic heterocycles. The predicted molar refractivity (Wildman–Crippen MR) is 78.5 cm³/mol. The highest BCUT2D eigenvalue weighted by Gasteiger charge is 2.17. The van der Waals surface area contributed by atoms with Crippen LogP contribution in [0.2, 0.25) is 0 Å². The Bertz CT molecular complexity index is 470. The number of aliphatic carboxylic acids is 1. The van der Waals surface area contributed by atoms with Gasteiger partial charge in [-0.05, 0) is 57.7 Å². The molecule has 0 saturated heterocycles. The highest BCUT2D eigenvalue weighted by Crippen LogP contribution is 2.16. The quantitative estimate of drug-likeness (QED) is 0.491. The SMILES string of the molecule is CC(C)(C)OC(=O)Oc1ccc(CCCCC(=O)O)cc1. The van der Waals surface area contributed by atoms with Gasteiger partial charge in [-0.15, -0.1) is 0 Å². The Labute approximate surface area is 124 Å². The smallest absolute Gasteiger partial charge is 0.481 e. The monoisotopic (exact) mass is 294 g/mol. The van der Waals surface area contributed by atoms with Crippen molar-refractivity contribution in [2.45, 2.75) is 52.1 Å². The van der Waals surface area contributed by atoms with E-state index < -0.39 is 17.7 Å². The van der Waals surface area contributed by atoms with Gasteiger partial charge < -0.3 is 14.6 Å². The highest BCUT2D eigenvalue weighted by molar-refractivity contribution is 5.66. The van der Waals surface area contributed by atoms with E-state index in [4.69, 9.17) is 14.6 Å². The third-order valence-electron chi connectivity index (χ3n) is 2.62. The fourth-order valence-electron chi connectivity index (χ4n) is 1.70. The number of hydrogen-bond donors (Lipinski definition) is 1. The third kappa shape index (κ3) is 7.97. The van der Waals surface area contributed by atoms with Crippen LogP contribution in [0.1, 0.15) is 45.6 Å². The molecule has 0 atom stereocenters. The molecule has 0 amide bonds. The van der Waals surface area contributed by atoms with E-state index in [0.717, 1.165) is 18.4 Å². The summed E-state index contributed by atoms with van der Waals surface area (Å²) in [5.74, 6) is -0.338. The molecule has 0 radical (unpaired) electrons. The summed E-state index contributed by atoms with van der Waals surface area (Å²) in [6.07, 6.45) is 1.75. The van der Waals surface area contributed by atoms with Crippen LogP contribution < -0.4 is 4.74 Å². The zero-order valence-electron chi connectivity index (χ0n) is 12.7. The van der Waals surface area contributed by atoms with Crippen molar-refractivity contribution in [3.8, 4) is 5.75 Å². The lowest BCUT2D eigenvalue weighted by Crippen LogP contribution is -2.25. The van der Waals surface area contributed by atoms with E-state index in [-0.39, 0.29) is 6.42 Å². The normalized spacial score (nSPS) is 11.0. The van der Waals surface area contributed by atoms with Crippen LogP contribution in [0.25, 0.3) is 0 Å². The maximum atomic E-state index is 11.5. The third-order valence-corrected chi connectivity index (χ3v) is 2.62. The Balaban J connectivity index is 2.40. The van der Waals surface area contributed by atoms with E-state index in [0.29, 0.717) is 12.2 Å². The summed E-state index contributed by atoms with van der Waals surface area (Å²) in [4.78, 5) is 21.9. The zero-order chi connectivity index (χ0) is 15.9. The molecule has 0 aliphatic rings. The van der Waals surface area contributed by atoms with Crippen LogP contribution in [-0.4, -0.2) is 22.8 Å². The number of unbranched alkanes of at least 4 members (excludes halogenated alkanes) is 1. The van der Waals surface area contributed by atoms with Gasteiger partial charge in [-0.3, -0.25) is 4.79 Å². The van der Waals surface area contributed by atoms with Gasteiger partial charge in [0.25, 0.3) is 0 Å². The molecule has 0 unspecified atom stereocenters. The number of ether oxygens (including phenoxy) is 2. The molecule has 1 aromatic carbocycles. The number of carboxylic acid groups (broad SMARTS) is 1. The minimum Gasteiger partial charge on any atom is -0.481 e. The molecular weight excluding hydrogens is 272 g/mol. The van der Waals surface area contributed by atoms with Gasteiger partial charge in [0.05, 0.1) is 0 Å². The first-order chi connectivity index (χ1) is 9.76. The molecule has 0 spiro atoms. The Morgan fingerprint density at radius 3 is 2.24 bits per heavy atom. The van der Waals surface area contributed by atoms with Crippen LogP contribution >= 0.6 is 0 Å².